The summed E-state index contributed by atoms with van der Waals surface area (Å²) >= 11 is 0. The van der Waals surface area contributed by atoms with Crippen molar-refractivity contribution < 1.29 is 67.4 Å². The van der Waals surface area contributed by atoms with Gasteiger partial charge in [-0.3, -0.25) is 19.9 Å². The number of halogens is 12. The molecule has 0 unspecified atom stereocenters. The fraction of sp³-hybridized carbons (Fsp3) is 0. The second-order valence-electron chi connectivity index (χ2n) is 6.01. The van der Waals surface area contributed by atoms with Crippen LogP contribution in [0.5, 0.6) is 0 Å². The Morgan fingerprint density at radius 3 is 0.385 bits per heavy atom. The minimum atomic E-state index is -10.7. The summed E-state index contributed by atoms with van der Waals surface area (Å²) in [6.45, 7) is 0. The molecule has 4 nitrogen and oxygen atoms in total. The average Bonchev–Trinajstić information content (AvgIpc) is 2.81. The zero-order valence-electron chi connectivity index (χ0n) is 19.1. The van der Waals surface area contributed by atoms with Crippen molar-refractivity contribution in [3.63, 3.8) is 0 Å². The van der Waals surface area contributed by atoms with Gasteiger partial charge in [-0.05, 0) is 48.5 Å². The number of rotatable bonds is 0. The number of pyridine rings is 4. The second-order valence-corrected chi connectivity index (χ2v) is 9.85. The maximum absolute atomic E-state index is 10.7. The van der Waals surface area contributed by atoms with Gasteiger partial charge < -0.3 is 0 Å². The van der Waals surface area contributed by atoms with E-state index in [0.29, 0.717) is 0 Å². The van der Waals surface area contributed by atoms with Gasteiger partial charge in [0.15, 0.2) is 0 Å². The number of hydrogen-bond donors (Lipinski definition) is 0. The summed E-state index contributed by atoms with van der Waals surface area (Å²) in [5.41, 5.74) is 0. The topological polar surface area (TPSA) is 51.6 Å². The summed E-state index contributed by atoms with van der Waals surface area (Å²) in [6.07, 6.45) is 14.0. The van der Waals surface area contributed by atoms with Crippen molar-refractivity contribution >= 4 is 15.6 Å². The molecule has 0 bridgehead atoms. The molecule has 39 heavy (non-hydrogen) atoms. The van der Waals surface area contributed by atoms with Crippen LogP contribution in [0.4, 0.5) is 50.4 Å². The van der Waals surface area contributed by atoms with Crippen LogP contribution in [0.25, 0.3) is 0 Å². The van der Waals surface area contributed by atoms with Gasteiger partial charge in [0.2, 0.25) is 0 Å². The summed E-state index contributed by atoms with van der Waals surface area (Å²) in [5.74, 6) is 0. The third-order valence-corrected chi connectivity index (χ3v) is 2.27. The van der Waals surface area contributed by atoms with Gasteiger partial charge in [0.05, 0.1) is 0 Å². The van der Waals surface area contributed by atoms with Gasteiger partial charge in [0.25, 0.3) is 0 Å². The van der Waals surface area contributed by atoms with Crippen molar-refractivity contribution in [2.24, 2.45) is 0 Å². The van der Waals surface area contributed by atoms with Crippen molar-refractivity contribution in [1.82, 2.24) is 19.9 Å². The Labute approximate surface area is 225 Å². The largest absolute Gasteiger partial charge is 2.00 e. The van der Waals surface area contributed by atoms with Gasteiger partial charge in [0.1, 0.15) is 0 Å². The molecule has 4 rings (SSSR count). The number of hydrogen-bond acceptors (Lipinski definition) is 4. The Morgan fingerprint density at radius 1 is 0.256 bits per heavy atom. The standard InChI is InChI=1S/4C5H5N.Cu.2F6P/c4*1-2-4-6-5-3-1;;2*1-7(2,3,4,5)6/h4*1-5H;;;/q;;;;+2;2*-1. The van der Waals surface area contributed by atoms with E-state index < -0.39 is 15.6 Å². The minimum Gasteiger partial charge on any atom is -0.265 e. The van der Waals surface area contributed by atoms with Gasteiger partial charge in [-0.2, -0.15) is 0 Å². The van der Waals surface area contributed by atoms with Gasteiger partial charge in [-0.25, -0.2) is 0 Å². The molecule has 0 amide bonds. The molecule has 0 saturated heterocycles. The Balaban J connectivity index is -0.000000397. The minimum absolute atomic E-state index is 0. The third kappa shape index (κ3) is 86.4. The fourth-order valence-electron chi connectivity index (χ4n) is 1.25. The van der Waals surface area contributed by atoms with E-state index in [1.807, 2.05) is 72.8 Å². The van der Waals surface area contributed by atoms with Crippen LogP contribution in [0, 0.1) is 0 Å². The average molecular weight is 670 g/mol. The van der Waals surface area contributed by atoms with E-state index in [1.165, 1.54) is 0 Å². The summed E-state index contributed by atoms with van der Waals surface area (Å²) in [5, 5.41) is 0. The monoisotopic (exact) mass is 669 g/mol. The molecule has 4 aromatic rings. The molecule has 0 fully saturated rings. The van der Waals surface area contributed by atoms with Crippen LogP contribution >= 0.6 is 15.6 Å². The summed E-state index contributed by atoms with van der Waals surface area (Å²) in [6, 6.07) is 22.9. The number of aromatic nitrogens is 4. The van der Waals surface area contributed by atoms with Crippen LogP contribution in [-0.4, -0.2) is 19.9 Å². The van der Waals surface area contributed by atoms with E-state index in [9.17, 15) is 50.4 Å². The molecule has 1 radical (unpaired) electrons. The fourth-order valence-corrected chi connectivity index (χ4v) is 1.25. The Bertz CT molecular complexity index is 796. The smallest absolute Gasteiger partial charge is 0.265 e. The van der Waals surface area contributed by atoms with Gasteiger partial charge >= 0.3 is 83.0 Å². The first-order chi connectivity index (χ1) is 16.9. The van der Waals surface area contributed by atoms with Crippen LogP contribution in [0.15, 0.2) is 122 Å². The van der Waals surface area contributed by atoms with Crippen molar-refractivity contribution in [2.45, 2.75) is 0 Å². The maximum atomic E-state index is 9.87. The molecule has 0 saturated carbocycles. The quantitative estimate of drug-likeness (QED) is 0.106. The third-order valence-electron chi connectivity index (χ3n) is 2.27. The molecule has 0 aromatic carbocycles. The SMILES string of the molecule is F[P-](F)(F)(F)(F)F.F[P-](F)(F)(F)(F)F.[Cu+2].c1ccncc1.c1ccncc1.c1ccncc1.c1ccncc1. The Hall–Kier alpha value is -2.86. The summed E-state index contributed by atoms with van der Waals surface area (Å²) in [7, 11) is -21.3. The normalized spacial score (nSPS) is 13.2. The first-order valence-corrected chi connectivity index (χ1v) is 13.5. The zero-order valence-corrected chi connectivity index (χ0v) is 21.8. The molecule has 4 aromatic heterocycles. The molecule has 0 spiro atoms. The predicted octanol–water partition coefficient (Wildman–Crippen LogP) is 11.1. The van der Waals surface area contributed by atoms with Gasteiger partial charge in [-0.1, -0.05) is 24.3 Å². The molecule has 0 aliphatic carbocycles. The van der Waals surface area contributed by atoms with Gasteiger partial charge in [0, 0.05) is 49.6 Å². The Kier molecular flexibility index (Phi) is 16.3. The zero-order chi connectivity index (χ0) is 29.8. The molecule has 0 aliphatic heterocycles. The van der Waals surface area contributed by atoms with E-state index in [0.717, 1.165) is 0 Å². The van der Waals surface area contributed by atoms with Crippen molar-refractivity contribution in [3.8, 4) is 0 Å². The van der Waals surface area contributed by atoms with Crippen LogP contribution < -0.4 is 0 Å². The predicted molar refractivity (Wildman–Crippen MR) is 124 cm³/mol. The molecular formula is C20H20CuF12N4P2. The van der Waals surface area contributed by atoms with E-state index in [4.69, 9.17) is 0 Å². The Morgan fingerprint density at radius 2 is 0.359 bits per heavy atom. The maximum Gasteiger partial charge on any atom is 2.00 e. The van der Waals surface area contributed by atoms with Crippen molar-refractivity contribution in [2.75, 3.05) is 0 Å². The molecular weight excluding hydrogens is 650 g/mol. The first-order valence-electron chi connectivity index (χ1n) is 9.43. The second kappa shape index (κ2) is 15.7. The van der Waals surface area contributed by atoms with Crippen LogP contribution in [0.3, 0.4) is 0 Å². The summed E-state index contributed by atoms with van der Waals surface area (Å²) in [4.78, 5) is 15.1. The molecule has 0 atom stereocenters. The van der Waals surface area contributed by atoms with E-state index in [1.54, 1.807) is 49.6 Å². The number of nitrogens with zero attached hydrogens (tertiary/aromatic N) is 4. The van der Waals surface area contributed by atoms with E-state index >= 15 is 0 Å². The molecule has 4 heterocycles. The first kappa shape index (κ1) is 40.6. The van der Waals surface area contributed by atoms with E-state index in [2.05, 4.69) is 19.9 Å². The summed E-state index contributed by atoms with van der Waals surface area (Å²) < 4.78 is 118. The molecule has 19 heteroatoms. The van der Waals surface area contributed by atoms with E-state index in [-0.39, 0.29) is 17.1 Å². The molecule has 225 valence electrons. The van der Waals surface area contributed by atoms with Crippen molar-refractivity contribution in [1.29, 1.82) is 0 Å². The van der Waals surface area contributed by atoms with Crippen LogP contribution in [-0.2, 0) is 17.1 Å². The van der Waals surface area contributed by atoms with Crippen LogP contribution in [0.1, 0.15) is 0 Å². The van der Waals surface area contributed by atoms with Crippen molar-refractivity contribution in [3.05, 3.63) is 122 Å². The molecule has 0 N–H and O–H groups in total. The molecule has 0 aliphatic rings. The van der Waals surface area contributed by atoms with Gasteiger partial charge in [-0.15, -0.1) is 0 Å². The van der Waals surface area contributed by atoms with Crippen LogP contribution in [0.2, 0.25) is 0 Å².